The maximum absolute atomic E-state index is 12.2. The summed E-state index contributed by atoms with van der Waals surface area (Å²) < 4.78 is 11.4. The Morgan fingerprint density at radius 2 is 2.12 bits per heavy atom. The Morgan fingerprint density at radius 1 is 1.33 bits per heavy atom. The summed E-state index contributed by atoms with van der Waals surface area (Å²) in [5.74, 6) is 0.468. The Balaban J connectivity index is 1.74. The summed E-state index contributed by atoms with van der Waals surface area (Å²) in [7, 11) is 1.62. The van der Waals surface area contributed by atoms with Gasteiger partial charge in [0.05, 0.1) is 18.8 Å². The summed E-state index contributed by atoms with van der Waals surface area (Å²) in [6, 6.07) is 8.00. The van der Waals surface area contributed by atoms with Crippen molar-refractivity contribution in [3.8, 4) is 0 Å². The number of carbonyl (C=O) groups excluding carboxylic acids is 1. The highest BCUT2D eigenvalue weighted by atomic mass is 35.5. The van der Waals surface area contributed by atoms with Crippen LogP contribution in [0.15, 0.2) is 24.3 Å². The molecular formula is C19H26ClNO3. The second-order valence-corrected chi connectivity index (χ2v) is 7.19. The first-order valence-electron chi connectivity index (χ1n) is 8.87. The van der Waals surface area contributed by atoms with Crippen LogP contribution in [0.2, 0.25) is 5.02 Å². The molecule has 5 heteroatoms. The molecule has 1 aromatic rings. The number of amides is 1. The minimum Gasteiger partial charge on any atom is -0.384 e. The second-order valence-electron chi connectivity index (χ2n) is 6.79. The molecule has 0 aromatic heterocycles. The number of carbonyl (C=O) groups is 1. The predicted octanol–water partition coefficient (Wildman–Crippen LogP) is 3.88. The van der Waals surface area contributed by atoms with Crippen LogP contribution >= 0.6 is 11.6 Å². The summed E-state index contributed by atoms with van der Waals surface area (Å²) in [6.07, 6.45) is 5.94. The van der Waals surface area contributed by atoms with Gasteiger partial charge in [0.15, 0.2) is 0 Å². The average Bonchev–Trinajstić information content (AvgIpc) is 2.60. The molecule has 1 aliphatic carbocycles. The molecule has 1 heterocycles. The van der Waals surface area contributed by atoms with Gasteiger partial charge in [-0.05, 0) is 30.9 Å². The zero-order chi connectivity index (χ0) is 16.9. The van der Waals surface area contributed by atoms with Gasteiger partial charge in [0, 0.05) is 30.5 Å². The first-order chi connectivity index (χ1) is 11.7. The number of nitrogens with one attached hydrogen (secondary N) is 1. The first-order valence-corrected chi connectivity index (χ1v) is 9.25. The van der Waals surface area contributed by atoms with Crippen LogP contribution in [-0.2, 0) is 14.3 Å². The van der Waals surface area contributed by atoms with E-state index in [1.807, 2.05) is 24.3 Å². The molecule has 2 fully saturated rings. The summed E-state index contributed by atoms with van der Waals surface area (Å²) in [5.41, 5.74) is 1.03. The van der Waals surface area contributed by atoms with E-state index in [0.717, 1.165) is 29.8 Å². The monoisotopic (exact) mass is 351 g/mol. The standard InChI is InChI=1S/C19H26ClNO3/c1-23-11-10-19(22)21-16-12-18(13-6-2-4-8-15(13)20)24-17-9-5-3-7-14(16)17/h2,4,6,8,14,16-18H,3,5,7,9-12H2,1H3,(H,21,22)/t14-,16+,17+,18+/m0/s1. The second kappa shape index (κ2) is 8.32. The highest BCUT2D eigenvalue weighted by Gasteiger charge is 2.41. The van der Waals surface area contributed by atoms with Gasteiger partial charge in [0.1, 0.15) is 0 Å². The fourth-order valence-electron chi connectivity index (χ4n) is 4.00. The van der Waals surface area contributed by atoms with Gasteiger partial charge in [-0.3, -0.25) is 4.79 Å². The van der Waals surface area contributed by atoms with Gasteiger partial charge in [-0.25, -0.2) is 0 Å². The van der Waals surface area contributed by atoms with E-state index in [2.05, 4.69) is 5.32 Å². The predicted molar refractivity (Wildman–Crippen MR) is 94.1 cm³/mol. The third-order valence-electron chi connectivity index (χ3n) is 5.21. The summed E-state index contributed by atoms with van der Waals surface area (Å²) in [6.45, 7) is 0.455. The molecule has 0 spiro atoms. The fraction of sp³-hybridized carbons (Fsp3) is 0.632. The molecule has 1 saturated heterocycles. The number of halogens is 1. The minimum atomic E-state index is -0.0502. The van der Waals surface area contributed by atoms with E-state index < -0.39 is 0 Å². The quantitative estimate of drug-likeness (QED) is 0.875. The Kier molecular flexibility index (Phi) is 6.14. The third-order valence-corrected chi connectivity index (χ3v) is 5.55. The molecule has 1 saturated carbocycles. The molecule has 3 rings (SSSR count). The fourth-order valence-corrected chi connectivity index (χ4v) is 4.26. The molecule has 0 radical (unpaired) electrons. The smallest absolute Gasteiger partial charge is 0.222 e. The van der Waals surface area contributed by atoms with E-state index >= 15 is 0 Å². The normalized spacial score (nSPS) is 29.8. The molecule has 4 atom stereocenters. The van der Waals surface area contributed by atoms with Gasteiger partial charge < -0.3 is 14.8 Å². The highest BCUT2D eigenvalue weighted by molar-refractivity contribution is 6.31. The topological polar surface area (TPSA) is 47.6 Å². The number of hydrogen-bond acceptors (Lipinski definition) is 3. The van der Waals surface area contributed by atoms with Crippen LogP contribution in [0.3, 0.4) is 0 Å². The van der Waals surface area contributed by atoms with Crippen LogP contribution in [0.1, 0.15) is 50.2 Å². The molecule has 1 aromatic carbocycles. The van der Waals surface area contributed by atoms with E-state index in [1.165, 1.54) is 12.8 Å². The van der Waals surface area contributed by atoms with E-state index in [9.17, 15) is 4.79 Å². The van der Waals surface area contributed by atoms with Crippen LogP contribution in [0.25, 0.3) is 0 Å². The highest BCUT2D eigenvalue weighted by Crippen LogP contribution is 2.42. The minimum absolute atomic E-state index is 0.0502. The molecule has 4 nitrogen and oxygen atoms in total. The van der Waals surface area contributed by atoms with Crippen molar-refractivity contribution >= 4 is 17.5 Å². The largest absolute Gasteiger partial charge is 0.384 e. The van der Waals surface area contributed by atoms with Gasteiger partial charge in [0.25, 0.3) is 0 Å². The molecule has 0 bridgehead atoms. The number of hydrogen-bond donors (Lipinski definition) is 1. The van der Waals surface area contributed by atoms with Gasteiger partial charge in [-0.2, -0.15) is 0 Å². The summed E-state index contributed by atoms with van der Waals surface area (Å²) in [5, 5.41) is 3.97. The van der Waals surface area contributed by atoms with Crippen molar-refractivity contribution in [2.24, 2.45) is 5.92 Å². The molecule has 24 heavy (non-hydrogen) atoms. The summed E-state index contributed by atoms with van der Waals surface area (Å²) in [4.78, 5) is 12.2. The first kappa shape index (κ1) is 17.7. The van der Waals surface area contributed by atoms with Crippen LogP contribution in [0, 0.1) is 5.92 Å². The van der Waals surface area contributed by atoms with Crippen molar-refractivity contribution in [3.63, 3.8) is 0 Å². The molecule has 2 aliphatic rings. The van der Waals surface area contributed by atoms with Crippen molar-refractivity contribution < 1.29 is 14.3 Å². The Bertz CT molecular complexity index is 565. The van der Waals surface area contributed by atoms with Crippen LogP contribution in [0.5, 0.6) is 0 Å². The van der Waals surface area contributed by atoms with E-state index in [-0.39, 0.29) is 24.2 Å². The number of rotatable bonds is 5. The van der Waals surface area contributed by atoms with Crippen LogP contribution in [-0.4, -0.2) is 31.8 Å². The zero-order valence-electron chi connectivity index (χ0n) is 14.2. The molecule has 132 valence electrons. The Morgan fingerprint density at radius 3 is 2.92 bits per heavy atom. The van der Waals surface area contributed by atoms with Crippen molar-refractivity contribution in [2.45, 2.75) is 56.8 Å². The van der Waals surface area contributed by atoms with Crippen LogP contribution in [0.4, 0.5) is 0 Å². The number of ether oxygens (including phenoxy) is 2. The molecule has 0 unspecified atom stereocenters. The lowest BCUT2D eigenvalue weighted by Gasteiger charge is -2.45. The molecule has 1 amide bonds. The van der Waals surface area contributed by atoms with Gasteiger partial charge in [-0.1, -0.05) is 42.6 Å². The Labute approximate surface area is 148 Å². The lowest BCUT2D eigenvalue weighted by atomic mass is 9.76. The van der Waals surface area contributed by atoms with E-state index in [1.54, 1.807) is 7.11 Å². The maximum Gasteiger partial charge on any atom is 0.222 e. The molecule has 1 aliphatic heterocycles. The number of methoxy groups -OCH3 is 1. The average molecular weight is 352 g/mol. The van der Waals surface area contributed by atoms with Crippen molar-refractivity contribution in [1.82, 2.24) is 5.32 Å². The lowest BCUT2D eigenvalue weighted by molar-refractivity contribution is -0.133. The number of benzene rings is 1. The maximum atomic E-state index is 12.2. The SMILES string of the molecule is COCCC(=O)N[C@@H]1C[C@H](c2ccccc2Cl)O[C@@H]2CCCC[C@@H]12. The third kappa shape index (κ3) is 4.11. The Hall–Kier alpha value is -1.10. The van der Waals surface area contributed by atoms with E-state index in [0.29, 0.717) is 18.9 Å². The molecular weight excluding hydrogens is 326 g/mol. The lowest BCUT2D eigenvalue weighted by Crippen LogP contribution is -2.51. The van der Waals surface area contributed by atoms with E-state index in [4.69, 9.17) is 21.1 Å². The summed E-state index contributed by atoms with van der Waals surface area (Å²) >= 11 is 6.37. The van der Waals surface area contributed by atoms with Crippen molar-refractivity contribution in [2.75, 3.05) is 13.7 Å². The van der Waals surface area contributed by atoms with Gasteiger partial charge in [0.2, 0.25) is 5.91 Å². The van der Waals surface area contributed by atoms with Gasteiger partial charge >= 0.3 is 0 Å². The van der Waals surface area contributed by atoms with Gasteiger partial charge in [-0.15, -0.1) is 0 Å². The van der Waals surface area contributed by atoms with Crippen LogP contribution < -0.4 is 5.32 Å². The zero-order valence-corrected chi connectivity index (χ0v) is 14.9. The number of fused-ring (bicyclic) bond motifs is 1. The van der Waals surface area contributed by atoms with Crippen molar-refractivity contribution in [1.29, 1.82) is 0 Å². The van der Waals surface area contributed by atoms with Crippen molar-refractivity contribution in [3.05, 3.63) is 34.9 Å². The molecule has 1 N–H and O–H groups in total.